The second kappa shape index (κ2) is 3.91. The highest BCUT2D eigenvalue weighted by atomic mass is 16.5. The molecule has 1 aromatic carbocycles. The van der Waals surface area contributed by atoms with Crippen LogP contribution in [-0.4, -0.2) is 17.0 Å². The van der Waals surface area contributed by atoms with Gasteiger partial charge in [-0.05, 0) is 24.6 Å². The SMILES string of the molecule is CC(=O)Oc1cc(C(=O)O)ccc1C. The molecule has 0 unspecified atom stereocenters. The van der Waals surface area contributed by atoms with Gasteiger partial charge in [-0.3, -0.25) is 4.79 Å². The molecule has 4 heteroatoms. The van der Waals surface area contributed by atoms with Crippen LogP contribution in [0.5, 0.6) is 5.75 Å². The van der Waals surface area contributed by atoms with Crippen molar-refractivity contribution < 1.29 is 19.4 Å². The van der Waals surface area contributed by atoms with Crippen molar-refractivity contribution in [2.24, 2.45) is 0 Å². The number of aryl methyl sites for hydroxylation is 1. The molecule has 0 aromatic heterocycles. The fourth-order valence-electron chi connectivity index (χ4n) is 0.998. The summed E-state index contributed by atoms with van der Waals surface area (Å²) in [7, 11) is 0. The van der Waals surface area contributed by atoms with Crippen molar-refractivity contribution in [1.82, 2.24) is 0 Å². The minimum absolute atomic E-state index is 0.104. The molecule has 0 aliphatic carbocycles. The molecule has 0 aliphatic heterocycles. The third-order valence-electron chi connectivity index (χ3n) is 1.69. The normalized spacial score (nSPS) is 9.57. The van der Waals surface area contributed by atoms with Gasteiger partial charge in [0.25, 0.3) is 0 Å². The lowest BCUT2D eigenvalue weighted by atomic mass is 10.1. The number of carboxylic acids is 1. The molecular formula is C10H10O4. The van der Waals surface area contributed by atoms with E-state index in [4.69, 9.17) is 9.84 Å². The molecular weight excluding hydrogens is 184 g/mol. The molecule has 14 heavy (non-hydrogen) atoms. The third kappa shape index (κ3) is 2.32. The van der Waals surface area contributed by atoms with Crippen molar-refractivity contribution in [3.8, 4) is 5.75 Å². The van der Waals surface area contributed by atoms with E-state index in [-0.39, 0.29) is 11.3 Å². The van der Waals surface area contributed by atoms with Gasteiger partial charge in [-0.2, -0.15) is 0 Å². The maximum Gasteiger partial charge on any atom is 0.335 e. The number of carbonyl (C=O) groups is 2. The predicted octanol–water partition coefficient (Wildman–Crippen LogP) is 1.62. The van der Waals surface area contributed by atoms with E-state index >= 15 is 0 Å². The van der Waals surface area contributed by atoms with Crippen LogP contribution in [-0.2, 0) is 4.79 Å². The number of aromatic carboxylic acids is 1. The summed E-state index contributed by atoms with van der Waals surface area (Å²) in [5.74, 6) is -1.22. The minimum Gasteiger partial charge on any atom is -0.478 e. The molecule has 0 heterocycles. The van der Waals surface area contributed by atoms with Crippen LogP contribution < -0.4 is 4.74 Å². The van der Waals surface area contributed by atoms with E-state index in [0.717, 1.165) is 5.56 Å². The predicted molar refractivity (Wildman–Crippen MR) is 49.4 cm³/mol. The Morgan fingerprint density at radius 3 is 2.50 bits per heavy atom. The number of hydrogen-bond acceptors (Lipinski definition) is 3. The van der Waals surface area contributed by atoms with Crippen molar-refractivity contribution >= 4 is 11.9 Å². The number of carbonyl (C=O) groups excluding carboxylic acids is 1. The number of rotatable bonds is 2. The Morgan fingerprint density at radius 2 is 2.00 bits per heavy atom. The van der Waals surface area contributed by atoms with E-state index < -0.39 is 11.9 Å². The molecule has 0 amide bonds. The van der Waals surface area contributed by atoms with Gasteiger partial charge in [0.2, 0.25) is 0 Å². The third-order valence-corrected chi connectivity index (χ3v) is 1.69. The smallest absolute Gasteiger partial charge is 0.335 e. The number of carboxylic acid groups (broad SMARTS) is 1. The molecule has 0 radical (unpaired) electrons. The van der Waals surface area contributed by atoms with Gasteiger partial charge < -0.3 is 9.84 Å². The number of ether oxygens (including phenoxy) is 1. The molecule has 0 saturated heterocycles. The Balaban J connectivity index is 3.08. The van der Waals surface area contributed by atoms with Crippen LogP contribution >= 0.6 is 0 Å². The maximum absolute atomic E-state index is 10.7. The molecule has 0 fully saturated rings. The Bertz CT molecular complexity index is 382. The zero-order valence-electron chi connectivity index (χ0n) is 7.90. The summed E-state index contributed by atoms with van der Waals surface area (Å²) >= 11 is 0. The number of benzene rings is 1. The Kier molecular flexibility index (Phi) is 2.86. The largest absolute Gasteiger partial charge is 0.478 e. The molecule has 1 N–H and O–H groups in total. The highest BCUT2D eigenvalue weighted by Gasteiger charge is 2.08. The van der Waals surface area contributed by atoms with E-state index in [0.29, 0.717) is 0 Å². The first kappa shape index (κ1) is 10.2. The monoisotopic (exact) mass is 194 g/mol. The summed E-state index contributed by atoms with van der Waals surface area (Å²) in [6.45, 7) is 3.01. The molecule has 0 spiro atoms. The maximum atomic E-state index is 10.7. The van der Waals surface area contributed by atoms with Crippen LogP contribution in [0, 0.1) is 6.92 Å². The molecule has 1 rings (SSSR count). The van der Waals surface area contributed by atoms with Crippen molar-refractivity contribution in [1.29, 1.82) is 0 Å². The highest BCUT2D eigenvalue weighted by Crippen LogP contribution is 2.19. The first-order chi connectivity index (χ1) is 6.50. The van der Waals surface area contributed by atoms with E-state index in [2.05, 4.69) is 0 Å². The standard InChI is InChI=1S/C10H10O4/c1-6-3-4-8(10(12)13)5-9(6)14-7(2)11/h3-5H,1-2H3,(H,12,13). The van der Waals surface area contributed by atoms with Crippen LogP contribution in [0.4, 0.5) is 0 Å². The van der Waals surface area contributed by atoms with Gasteiger partial charge in [-0.25, -0.2) is 4.79 Å². The molecule has 0 aliphatic rings. The Hall–Kier alpha value is -1.84. The Morgan fingerprint density at radius 1 is 1.36 bits per heavy atom. The van der Waals surface area contributed by atoms with E-state index in [1.165, 1.54) is 19.1 Å². The quantitative estimate of drug-likeness (QED) is 0.574. The molecule has 4 nitrogen and oxygen atoms in total. The van der Waals surface area contributed by atoms with Gasteiger partial charge in [0.15, 0.2) is 0 Å². The van der Waals surface area contributed by atoms with Crippen molar-refractivity contribution in [3.63, 3.8) is 0 Å². The van der Waals surface area contributed by atoms with Gasteiger partial charge in [-0.1, -0.05) is 6.07 Å². The number of hydrogen-bond donors (Lipinski definition) is 1. The summed E-state index contributed by atoms with van der Waals surface area (Å²) in [5, 5.41) is 8.69. The first-order valence-electron chi connectivity index (χ1n) is 4.03. The molecule has 74 valence electrons. The fourth-order valence-corrected chi connectivity index (χ4v) is 0.998. The van der Waals surface area contributed by atoms with Gasteiger partial charge in [0.1, 0.15) is 5.75 Å². The van der Waals surface area contributed by atoms with Crippen molar-refractivity contribution in [2.75, 3.05) is 0 Å². The topological polar surface area (TPSA) is 63.6 Å². The molecule has 0 bridgehead atoms. The van der Waals surface area contributed by atoms with Crippen LogP contribution in [0.15, 0.2) is 18.2 Å². The second-order valence-corrected chi connectivity index (χ2v) is 2.88. The van der Waals surface area contributed by atoms with Crippen molar-refractivity contribution in [2.45, 2.75) is 13.8 Å². The second-order valence-electron chi connectivity index (χ2n) is 2.88. The summed E-state index contributed by atoms with van der Waals surface area (Å²) in [4.78, 5) is 21.3. The fraction of sp³-hybridized carbons (Fsp3) is 0.200. The number of esters is 1. The summed E-state index contributed by atoms with van der Waals surface area (Å²) < 4.78 is 4.83. The van der Waals surface area contributed by atoms with Gasteiger partial charge in [-0.15, -0.1) is 0 Å². The molecule has 0 atom stereocenters. The summed E-state index contributed by atoms with van der Waals surface area (Å²) in [6, 6.07) is 4.39. The van der Waals surface area contributed by atoms with E-state index in [1.54, 1.807) is 13.0 Å². The minimum atomic E-state index is -1.04. The van der Waals surface area contributed by atoms with Crippen molar-refractivity contribution in [3.05, 3.63) is 29.3 Å². The zero-order chi connectivity index (χ0) is 10.7. The van der Waals surface area contributed by atoms with Gasteiger partial charge in [0, 0.05) is 6.92 Å². The zero-order valence-corrected chi connectivity index (χ0v) is 7.90. The van der Waals surface area contributed by atoms with Gasteiger partial charge in [0.05, 0.1) is 5.56 Å². The van der Waals surface area contributed by atoms with Crippen LogP contribution in [0.1, 0.15) is 22.8 Å². The lowest BCUT2D eigenvalue weighted by Gasteiger charge is -2.05. The van der Waals surface area contributed by atoms with E-state index in [9.17, 15) is 9.59 Å². The summed E-state index contributed by atoms with van der Waals surface area (Å²) in [6.07, 6.45) is 0. The lowest BCUT2D eigenvalue weighted by molar-refractivity contribution is -0.131. The summed E-state index contributed by atoms with van der Waals surface area (Å²) in [5.41, 5.74) is 0.831. The van der Waals surface area contributed by atoms with Crippen LogP contribution in [0.2, 0.25) is 0 Å². The van der Waals surface area contributed by atoms with Crippen LogP contribution in [0.25, 0.3) is 0 Å². The van der Waals surface area contributed by atoms with Crippen LogP contribution in [0.3, 0.4) is 0 Å². The average Bonchev–Trinajstić information content (AvgIpc) is 2.07. The Labute approximate surface area is 81.1 Å². The molecule has 0 saturated carbocycles. The molecule has 1 aromatic rings. The first-order valence-corrected chi connectivity index (χ1v) is 4.03. The highest BCUT2D eigenvalue weighted by molar-refractivity contribution is 5.88. The lowest BCUT2D eigenvalue weighted by Crippen LogP contribution is -2.04. The average molecular weight is 194 g/mol. The van der Waals surface area contributed by atoms with Gasteiger partial charge >= 0.3 is 11.9 Å². The van der Waals surface area contributed by atoms with E-state index in [1.807, 2.05) is 0 Å².